The Hall–Kier alpha value is -2.09. The molecular weight excluding hydrogens is 361 g/mol. The van der Waals surface area contributed by atoms with Crippen LogP contribution in [0, 0.1) is 13.8 Å². The summed E-state index contributed by atoms with van der Waals surface area (Å²) < 4.78 is 37.8. The number of hydrogen-bond acceptors (Lipinski definition) is 3. The van der Waals surface area contributed by atoms with E-state index in [0.717, 1.165) is 23.1 Å². The molecule has 1 heterocycles. The number of halogens is 3. The lowest BCUT2D eigenvalue weighted by Gasteiger charge is -2.11. The number of alkyl halides is 3. The minimum atomic E-state index is -4.41. The zero-order chi connectivity index (χ0) is 19.2. The van der Waals surface area contributed by atoms with Gasteiger partial charge < -0.3 is 10.6 Å². The highest BCUT2D eigenvalue weighted by atomic mass is 32.1. The molecule has 2 N–H and O–H groups in total. The molecule has 0 aliphatic carbocycles. The highest BCUT2D eigenvalue weighted by molar-refractivity contribution is 7.09. The van der Waals surface area contributed by atoms with Crippen molar-refractivity contribution in [3.05, 3.63) is 51.0 Å². The molecule has 2 aromatic rings. The fraction of sp³-hybridized carbons (Fsp3) is 0.444. The Morgan fingerprint density at radius 3 is 2.42 bits per heavy atom. The molecular formula is C18H23F3N4S. The van der Waals surface area contributed by atoms with E-state index in [1.54, 1.807) is 0 Å². The third-order valence-corrected chi connectivity index (χ3v) is 4.38. The van der Waals surface area contributed by atoms with Crippen molar-refractivity contribution >= 4 is 17.3 Å². The van der Waals surface area contributed by atoms with Gasteiger partial charge in [0.15, 0.2) is 11.7 Å². The van der Waals surface area contributed by atoms with E-state index in [1.165, 1.54) is 16.7 Å². The molecule has 0 saturated carbocycles. The van der Waals surface area contributed by atoms with Gasteiger partial charge in [0.25, 0.3) is 0 Å². The standard InChI is InChI=1S/C18H23F3N4S/c1-4-22-17(23-6-5-14-8-12(2)7-13(3)9-14)24-10-16-25-15(11-26-16)18(19,20)21/h7-9,11H,4-6,10H2,1-3H3,(H2,22,23,24). The second-order valence-electron chi connectivity index (χ2n) is 5.99. The maximum Gasteiger partial charge on any atom is 0.434 e. The van der Waals surface area contributed by atoms with Crippen LogP contribution in [0.25, 0.3) is 0 Å². The minimum absolute atomic E-state index is 0.111. The van der Waals surface area contributed by atoms with Gasteiger partial charge in [-0.1, -0.05) is 29.3 Å². The zero-order valence-electron chi connectivity index (χ0n) is 15.1. The lowest BCUT2D eigenvalue weighted by Crippen LogP contribution is -2.38. The molecule has 0 spiro atoms. The van der Waals surface area contributed by atoms with E-state index in [4.69, 9.17) is 0 Å². The number of benzene rings is 1. The maximum atomic E-state index is 12.6. The van der Waals surface area contributed by atoms with Crippen LogP contribution in [-0.4, -0.2) is 24.0 Å². The molecule has 0 amide bonds. The smallest absolute Gasteiger partial charge is 0.357 e. The number of guanidine groups is 1. The molecule has 0 saturated heterocycles. The molecule has 0 bridgehead atoms. The van der Waals surface area contributed by atoms with Gasteiger partial charge in [-0.2, -0.15) is 13.2 Å². The van der Waals surface area contributed by atoms with Crippen molar-refractivity contribution in [3.63, 3.8) is 0 Å². The molecule has 0 atom stereocenters. The number of thiazole rings is 1. The summed E-state index contributed by atoms with van der Waals surface area (Å²) in [5.74, 6) is 0.570. The molecule has 26 heavy (non-hydrogen) atoms. The highest BCUT2D eigenvalue weighted by Gasteiger charge is 2.33. The van der Waals surface area contributed by atoms with Crippen LogP contribution in [-0.2, 0) is 19.1 Å². The van der Waals surface area contributed by atoms with Crippen molar-refractivity contribution in [1.29, 1.82) is 0 Å². The lowest BCUT2D eigenvalue weighted by molar-refractivity contribution is -0.140. The summed E-state index contributed by atoms with van der Waals surface area (Å²) in [4.78, 5) is 7.91. The van der Waals surface area contributed by atoms with E-state index in [-0.39, 0.29) is 6.54 Å². The van der Waals surface area contributed by atoms with Gasteiger partial charge in [0.05, 0.1) is 6.54 Å². The van der Waals surface area contributed by atoms with E-state index in [2.05, 4.69) is 52.7 Å². The van der Waals surface area contributed by atoms with Crippen LogP contribution < -0.4 is 10.6 Å². The number of aromatic nitrogens is 1. The van der Waals surface area contributed by atoms with Crippen molar-refractivity contribution in [1.82, 2.24) is 15.6 Å². The van der Waals surface area contributed by atoms with Crippen LogP contribution in [0.2, 0.25) is 0 Å². The monoisotopic (exact) mass is 384 g/mol. The summed E-state index contributed by atoms with van der Waals surface area (Å²) >= 11 is 0.967. The Balaban J connectivity index is 1.93. The first-order chi connectivity index (χ1) is 12.3. The normalized spacial score (nSPS) is 12.3. The van der Waals surface area contributed by atoms with Gasteiger partial charge in [0.1, 0.15) is 5.01 Å². The molecule has 1 aromatic carbocycles. The van der Waals surface area contributed by atoms with Gasteiger partial charge in [0.2, 0.25) is 0 Å². The number of nitrogens with zero attached hydrogens (tertiary/aromatic N) is 2. The Morgan fingerprint density at radius 2 is 1.85 bits per heavy atom. The van der Waals surface area contributed by atoms with Gasteiger partial charge in [-0.25, -0.2) is 9.98 Å². The van der Waals surface area contributed by atoms with Crippen LogP contribution in [0.3, 0.4) is 0 Å². The molecule has 8 heteroatoms. The van der Waals surface area contributed by atoms with Gasteiger partial charge in [-0.05, 0) is 32.8 Å². The summed E-state index contributed by atoms with van der Waals surface area (Å²) in [6.45, 7) is 7.53. The molecule has 142 valence electrons. The molecule has 2 rings (SSSR count). The Labute approximate surface area is 155 Å². The first-order valence-electron chi connectivity index (χ1n) is 8.39. The van der Waals surface area contributed by atoms with Crippen molar-refractivity contribution in [3.8, 4) is 0 Å². The predicted molar refractivity (Wildman–Crippen MR) is 99.6 cm³/mol. The summed E-state index contributed by atoms with van der Waals surface area (Å²) in [5, 5.41) is 7.66. The third kappa shape index (κ3) is 6.33. The van der Waals surface area contributed by atoms with Crippen molar-refractivity contribution in [2.45, 2.75) is 39.9 Å². The van der Waals surface area contributed by atoms with Crippen LogP contribution in [0.15, 0.2) is 28.6 Å². The van der Waals surface area contributed by atoms with Crippen molar-refractivity contribution in [2.75, 3.05) is 13.1 Å². The molecule has 0 radical (unpaired) electrons. The molecule has 0 aliphatic heterocycles. The van der Waals surface area contributed by atoms with E-state index in [0.29, 0.717) is 24.1 Å². The first-order valence-corrected chi connectivity index (χ1v) is 9.27. The highest BCUT2D eigenvalue weighted by Crippen LogP contribution is 2.30. The van der Waals surface area contributed by atoms with Crippen LogP contribution in [0.5, 0.6) is 0 Å². The summed E-state index contributed by atoms with van der Waals surface area (Å²) in [7, 11) is 0. The summed E-state index contributed by atoms with van der Waals surface area (Å²) in [6.07, 6.45) is -3.57. The van der Waals surface area contributed by atoms with Gasteiger partial charge >= 0.3 is 6.18 Å². The number of aliphatic imine (C=N–C) groups is 1. The van der Waals surface area contributed by atoms with E-state index < -0.39 is 11.9 Å². The quantitative estimate of drug-likeness (QED) is 0.583. The third-order valence-electron chi connectivity index (χ3n) is 3.55. The van der Waals surface area contributed by atoms with E-state index in [9.17, 15) is 13.2 Å². The van der Waals surface area contributed by atoms with E-state index >= 15 is 0 Å². The number of aryl methyl sites for hydroxylation is 2. The molecule has 0 fully saturated rings. The first kappa shape index (κ1) is 20.2. The average Bonchev–Trinajstić information content (AvgIpc) is 3.01. The van der Waals surface area contributed by atoms with Crippen LogP contribution in [0.1, 0.15) is 34.3 Å². The Morgan fingerprint density at radius 1 is 1.15 bits per heavy atom. The topological polar surface area (TPSA) is 49.3 Å². The average molecular weight is 384 g/mol. The van der Waals surface area contributed by atoms with Crippen molar-refractivity contribution in [2.24, 2.45) is 4.99 Å². The fourth-order valence-corrected chi connectivity index (χ4v) is 3.26. The second-order valence-corrected chi connectivity index (χ2v) is 6.93. The summed E-state index contributed by atoms with van der Waals surface area (Å²) in [6, 6.07) is 6.42. The zero-order valence-corrected chi connectivity index (χ0v) is 15.9. The maximum absolute atomic E-state index is 12.6. The predicted octanol–water partition coefficient (Wildman–Crippen LogP) is 4.08. The fourth-order valence-electron chi connectivity index (χ4n) is 2.54. The molecule has 0 unspecified atom stereocenters. The van der Waals surface area contributed by atoms with Crippen molar-refractivity contribution < 1.29 is 13.2 Å². The molecule has 4 nitrogen and oxygen atoms in total. The number of rotatable bonds is 6. The molecule has 1 aromatic heterocycles. The van der Waals surface area contributed by atoms with Gasteiger partial charge in [-0.15, -0.1) is 11.3 Å². The van der Waals surface area contributed by atoms with Gasteiger partial charge in [-0.3, -0.25) is 0 Å². The summed E-state index contributed by atoms with van der Waals surface area (Å²) in [5.41, 5.74) is 2.83. The Bertz CT molecular complexity index is 733. The number of hydrogen-bond donors (Lipinski definition) is 2. The molecule has 0 aliphatic rings. The second kappa shape index (κ2) is 9.02. The van der Waals surface area contributed by atoms with Crippen LogP contribution >= 0.6 is 11.3 Å². The lowest BCUT2D eigenvalue weighted by atomic mass is 10.1. The van der Waals surface area contributed by atoms with Crippen LogP contribution in [0.4, 0.5) is 13.2 Å². The van der Waals surface area contributed by atoms with E-state index in [1.807, 2.05) is 6.92 Å². The minimum Gasteiger partial charge on any atom is -0.357 e. The largest absolute Gasteiger partial charge is 0.434 e. The SMILES string of the molecule is CCNC(=NCc1nc(C(F)(F)F)cs1)NCCc1cc(C)cc(C)c1. The van der Waals surface area contributed by atoms with Gasteiger partial charge in [0, 0.05) is 18.5 Å². The number of nitrogens with one attached hydrogen (secondary N) is 2. The Kier molecular flexibility index (Phi) is 7.02.